The summed E-state index contributed by atoms with van der Waals surface area (Å²) in [5, 5.41) is 4.99. The van der Waals surface area contributed by atoms with Crippen LogP contribution in [0.2, 0.25) is 0 Å². The molecule has 1 saturated heterocycles. The number of likely N-dealkylation sites (tertiary alicyclic amines) is 1. The molecule has 0 aromatic heterocycles. The number of nitrogens with one attached hydrogen (secondary N) is 3. The summed E-state index contributed by atoms with van der Waals surface area (Å²) < 4.78 is 18.2. The van der Waals surface area contributed by atoms with Crippen LogP contribution in [0.25, 0.3) is 4.91 Å². The van der Waals surface area contributed by atoms with Gasteiger partial charge in [-0.2, -0.15) is 4.28 Å². The van der Waals surface area contributed by atoms with E-state index in [0.717, 1.165) is 21.7 Å². The Morgan fingerprint density at radius 3 is 2.53 bits per heavy atom. The van der Waals surface area contributed by atoms with Crippen molar-refractivity contribution in [3.8, 4) is 0 Å². The van der Waals surface area contributed by atoms with Crippen molar-refractivity contribution in [1.82, 2.24) is 21.0 Å². The molecule has 8 nitrogen and oxygen atoms in total. The molecule has 1 aromatic carbocycles. The van der Waals surface area contributed by atoms with Crippen molar-refractivity contribution in [3.05, 3.63) is 41.1 Å². The maximum Gasteiger partial charge on any atom is 0.398 e. The molecule has 2 atom stereocenters. The quantitative estimate of drug-likeness (QED) is 0.340. The van der Waals surface area contributed by atoms with Crippen LogP contribution >= 0.6 is 12.0 Å². The molecule has 2 unspecified atom stereocenters. The van der Waals surface area contributed by atoms with Gasteiger partial charge in [0.05, 0.1) is 22.6 Å². The van der Waals surface area contributed by atoms with Crippen molar-refractivity contribution in [1.29, 1.82) is 0 Å². The topological polar surface area (TPSA) is 99.8 Å². The fourth-order valence-corrected chi connectivity index (χ4v) is 4.46. The second kappa shape index (κ2) is 9.91. The third kappa shape index (κ3) is 5.60. The number of hydroxylamine groups is 1. The van der Waals surface area contributed by atoms with E-state index in [1.165, 1.54) is 16.9 Å². The van der Waals surface area contributed by atoms with Crippen LogP contribution in [-0.2, 0) is 20.4 Å². The summed E-state index contributed by atoms with van der Waals surface area (Å²) in [6.07, 6.45) is -0.568. The molecule has 0 aliphatic carbocycles. The summed E-state index contributed by atoms with van der Waals surface area (Å²) in [5.41, 5.74) is 4.99. The highest BCUT2D eigenvalue weighted by Crippen LogP contribution is 2.34. The molecule has 3 amide bonds. The number of carbonyl (C=O) groups is 3. The standard InChI is InChI=1S/C22H29FN4O4S/c1-13-17(32-31-26-13)15-9-7-14(8-10-15)12-24-19(28)16-6-5-11-27(16)20(29)18(22(2,3)4)25-21(23)30/h7-10,16,18,26H,5-6,11-12H2,1-4H3,(H,24,28)(H,25,30). The number of amides is 3. The Hall–Kier alpha value is -2.59. The number of allylic oxidation sites excluding steroid dienone is 1. The zero-order chi connectivity index (χ0) is 23.5. The second-order valence-corrected chi connectivity index (χ2v) is 9.79. The van der Waals surface area contributed by atoms with Gasteiger partial charge < -0.3 is 15.5 Å². The molecule has 0 spiro atoms. The summed E-state index contributed by atoms with van der Waals surface area (Å²) in [4.78, 5) is 39.3. The van der Waals surface area contributed by atoms with Crippen LogP contribution in [0, 0.1) is 5.41 Å². The molecule has 0 radical (unpaired) electrons. The van der Waals surface area contributed by atoms with Gasteiger partial charge in [0.15, 0.2) is 0 Å². The van der Waals surface area contributed by atoms with Crippen LogP contribution in [0.5, 0.6) is 0 Å². The number of halogens is 1. The first-order valence-corrected chi connectivity index (χ1v) is 11.3. The summed E-state index contributed by atoms with van der Waals surface area (Å²) in [5.74, 6) is -0.708. The zero-order valence-corrected chi connectivity index (χ0v) is 19.5. The van der Waals surface area contributed by atoms with Gasteiger partial charge in [-0.3, -0.25) is 15.1 Å². The molecule has 10 heteroatoms. The summed E-state index contributed by atoms with van der Waals surface area (Å²) in [6.45, 7) is 7.86. The lowest BCUT2D eigenvalue weighted by Crippen LogP contribution is -2.57. The lowest BCUT2D eigenvalue weighted by atomic mass is 9.85. The molecule has 1 aromatic rings. The molecular formula is C22H29FN4O4S. The molecule has 2 aliphatic heterocycles. The maximum atomic E-state index is 13.0. The maximum absolute atomic E-state index is 13.0. The van der Waals surface area contributed by atoms with Gasteiger partial charge in [0.2, 0.25) is 11.8 Å². The zero-order valence-electron chi connectivity index (χ0n) is 18.7. The molecule has 0 saturated carbocycles. The van der Waals surface area contributed by atoms with Gasteiger partial charge in [-0.15, -0.1) is 4.39 Å². The SMILES string of the molecule is CC1=C(c2ccc(CNC(=O)C3CCCN3C(=O)C(NC(=O)F)C(C)(C)C)cc2)SON1. The monoisotopic (exact) mass is 464 g/mol. The van der Waals surface area contributed by atoms with Crippen LogP contribution in [0.4, 0.5) is 9.18 Å². The van der Waals surface area contributed by atoms with Gasteiger partial charge >= 0.3 is 6.16 Å². The van der Waals surface area contributed by atoms with E-state index in [9.17, 15) is 18.8 Å². The smallest absolute Gasteiger partial charge is 0.350 e. The van der Waals surface area contributed by atoms with E-state index >= 15 is 0 Å². The Bertz CT molecular complexity index is 914. The number of hydrogen-bond acceptors (Lipinski definition) is 6. The first-order chi connectivity index (χ1) is 15.1. The van der Waals surface area contributed by atoms with Gasteiger partial charge in [0.1, 0.15) is 12.1 Å². The largest absolute Gasteiger partial charge is 0.398 e. The van der Waals surface area contributed by atoms with Crippen LogP contribution in [0.15, 0.2) is 30.0 Å². The fraction of sp³-hybridized carbons (Fsp3) is 0.500. The first-order valence-electron chi connectivity index (χ1n) is 10.5. The van der Waals surface area contributed by atoms with Crippen molar-refractivity contribution in [2.75, 3.05) is 6.54 Å². The molecule has 3 N–H and O–H groups in total. The van der Waals surface area contributed by atoms with Crippen LogP contribution in [0.3, 0.4) is 0 Å². The number of carbonyl (C=O) groups excluding carboxylic acids is 3. The normalized spacial score (nSPS) is 19.5. The summed E-state index contributed by atoms with van der Waals surface area (Å²) in [6, 6.07) is 6.09. The number of hydrogen-bond donors (Lipinski definition) is 3. The number of benzene rings is 1. The second-order valence-electron chi connectivity index (χ2n) is 9.04. The third-order valence-corrected chi connectivity index (χ3v) is 6.43. The van der Waals surface area contributed by atoms with Crippen LogP contribution in [-0.4, -0.2) is 41.5 Å². The molecule has 3 rings (SSSR count). The average molecular weight is 465 g/mol. The van der Waals surface area contributed by atoms with Crippen LogP contribution in [0.1, 0.15) is 51.7 Å². The Morgan fingerprint density at radius 2 is 1.97 bits per heavy atom. The molecule has 1 fully saturated rings. The molecule has 32 heavy (non-hydrogen) atoms. The van der Waals surface area contributed by atoms with Gasteiger partial charge in [0.25, 0.3) is 0 Å². The lowest BCUT2D eigenvalue weighted by molar-refractivity contribution is -0.141. The minimum absolute atomic E-state index is 0.262. The van der Waals surface area contributed by atoms with E-state index < -0.39 is 29.6 Å². The van der Waals surface area contributed by atoms with Crippen molar-refractivity contribution < 1.29 is 23.1 Å². The number of nitrogens with zero attached hydrogens (tertiary/aromatic N) is 1. The fourth-order valence-electron chi connectivity index (χ4n) is 3.81. The Kier molecular flexibility index (Phi) is 7.45. The van der Waals surface area contributed by atoms with E-state index in [2.05, 4.69) is 16.1 Å². The highest BCUT2D eigenvalue weighted by atomic mass is 32.2. The van der Waals surface area contributed by atoms with Crippen LogP contribution < -0.4 is 16.1 Å². The van der Waals surface area contributed by atoms with Crippen molar-refractivity contribution in [2.24, 2.45) is 5.41 Å². The van der Waals surface area contributed by atoms with E-state index in [1.807, 2.05) is 31.2 Å². The lowest BCUT2D eigenvalue weighted by Gasteiger charge is -2.34. The third-order valence-electron chi connectivity index (χ3n) is 5.55. The van der Waals surface area contributed by atoms with Crippen molar-refractivity contribution >= 4 is 34.9 Å². The predicted molar refractivity (Wildman–Crippen MR) is 120 cm³/mol. The van der Waals surface area contributed by atoms with Gasteiger partial charge in [-0.05, 0) is 36.3 Å². The van der Waals surface area contributed by atoms with Crippen molar-refractivity contribution in [2.45, 2.75) is 59.2 Å². The Balaban J connectivity index is 1.62. The molecule has 0 bridgehead atoms. The summed E-state index contributed by atoms with van der Waals surface area (Å²) >= 11 is 1.27. The Labute approximate surface area is 191 Å². The Morgan fingerprint density at radius 1 is 1.28 bits per heavy atom. The van der Waals surface area contributed by atoms with Gasteiger partial charge in [-0.25, -0.2) is 4.79 Å². The van der Waals surface area contributed by atoms with Crippen molar-refractivity contribution in [3.63, 3.8) is 0 Å². The van der Waals surface area contributed by atoms with Gasteiger partial charge in [0, 0.05) is 13.1 Å². The first kappa shape index (κ1) is 24.1. The van der Waals surface area contributed by atoms with Gasteiger partial charge in [-0.1, -0.05) is 45.0 Å². The molecule has 2 heterocycles. The minimum atomic E-state index is -1.76. The molecular weight excluding hydrogens is 435 g/mol. The highest BCUT2D eigenvalue weighted by Gasteiger charge is 2.41. The van der Waals surface area contributed by atoms with E-state index in [0.29, 0.717) is 25.9 Å². The van der Waals surface area contributed by atoms with E-state index in [-0.39, 0.29) is 5.91 Å². The highest BCUT2D eigenvalue weighted by molar-refractivity contribution is 8.04. The predicted octanol–water partition coefficient (Wildman–Crippen LogP) is 3.26. The molecule has 174 valence electrons. The number of rotatable bonds is 6. The molecule has 2 aliphatic rings. The van der Waals surface area contributed by atoms with E-state index in [4.69, 9.17) is 4.28 Å². The average Bonchev–Trinajstić information content (AvgIpc) is 3.38. The van der Waals surface area contributed by atoms with E-state index in [1.54, 1.807) is 20.8 Å². The minimum Gasteiger partial charge on any atom is -0.350 e. The summed E-state index contributed by atoms with van der Waals surface area (Å²) in [7, 11) is 0.